The highest BCUT2D eigenvalue weighted by Crippen LogP contribution is 2.45. The molecule has 35 heavy (non-hydrogen) atoms. The van der Waals surface area contributed by atoms with Crippen molar-refractivity contribution in [1.29, 1.82) is 0 Å². The number of anilines is 2. The summed E-state index contributed by atoms with van der Waals surface area (Å²) in [6.45, 7) is 7.93. The number of nitrogens with zero attached hydrogens (tertiary/aromatic N) is 3. The first-order valence-electron chi connectivity index (χ1n) is 12.6. The molecule has 1 unspecified atom stereocenters. The van der Waals surface area contributed by atoms with Crippen LogP contribution in [-0.4, -0.2) is 37.8 Å². The molecule has 0 radical (unpaired) electrons. The van der Waals surface area contributed by atoms with Crippen LogP contribution >= 0.6 is 11.8 Å². The summed E-state index contributed by atoms with van der Waals surface area (Å²) in [7, 11) is 0. The molecule has 186 valence electrons. The average Bonchev–Trinajstić information content (AvgIpc) is 3.67. The van der Waals surface area contributed by atoms with Gasteiger partial charge < -0.3 is 15.8 Å². The smallest absolute Gasteiger partial charge is 0.223 e. The summed E-state index contributed by atoms with van der Waals surface area (Å²) in [5.74, 6) is 1.92. The Morgan fingerprint density at radius 3 is 2.57 bits per heavy atom. The second-order valence-corrected chi connectivity index (χ2v) is 10.5. The Hall–Kier alpha value is -2.71. The lowest BCUT2D eigenvalue weighted by Gasteiger charge is -2.34. The topological polar surface area (TPSA) is 103 Å². The number of carbonyl (C=O) groups excluding carboxylic acids is 1. The van der Waals surface area contributed by atoms with Crippen molar-refractivity contribution in [2.24, 2.45) is 5.73 Å². The second kappa shape index (κ2) is 11.4. The van der Waals surface area contributed by atoms with Crippen molar-refractivity contribution >= 4 is 40.5 Å². The van der Waals surface area contributed by atoms with Gasteiger partial charge in [-0.1, -0.05) is 20.8 Å². The van der Waals surface area contributed by atoms with E-state index >= 15 is 0 Å². The Kier molecular flexibility index (Phi) is 8.23. The number of aromatic nitrogens is 3. The number of hydrogen-bond acceptors (Lipinski definition) is 8. The fourth-order valence-electron chi connectivity index (χ4n) is 4.12. The van der Waals surface area contributed by atoms with E-state index in [-0.39, 0.29) is 12.1 Å². The summed E-state index contributed by atoms with van der Waals surface area (Å²) in [5.41, 5.74) is 8.55. The molecule has 2 fully saturated rings. The number of nitrogens with two attached hydrogens (primary N) is 1. The third kappa shape index (κ3) is 5.93. The van der Waals surface area contributed by atoms with Crippen molar-refractivity contribution in [2.75, 3.05) is 5.32 Å². The van der Waals surface area contributed by atoms with Gasteiger partial charge in [-0.2, -0.15) is 11.8 Å². The van der Waals surface area contributed by atoms with Gasteiger partial charge in [0.05, 0.1) is 11.1 Å². The first-order chi connectivity index (χ1) is 17.0. The van der Waals surface area contributed by atoms with Crippen molar-refractivity contribution in [2.45, 2.75) is 82.4 Å². The van der Waals surface area contributed by atoms with Gasteiger partial charge >= 0.3 is 0 Å². The molecule has 0 bridgehead atoms. The normalized spacial score (nSPS) is 19.8. The third-order valence-corrected chi connectivity index (χ3v) is 7.85. The van der Waals surface area contributed by atoms with Crippen molar-refractivity contribution in [1.82, 2.24) is 15.0 Å². The minimum Gasteiger partial charge on any atom is -0.474 e. The van der Waals surface area contributed by atoms with E-state index in [1.54, 1.807) is 18.3 Å². The quantitative estimate of drug-likeness (QED) is 0.350. The van der Waals surface area contributed by atoms with Crippen LogP contribution in [0.3, 0.4) is 0 Å². The molecule has 2 aliphatic carbocycles. The number of carbonyl (C=O) groups is 1. The van der Waals surface area contributed by atoms with Gasteiger partial charge in [0.25, 0.3) is 0 Å². The number of rotatable bonds is 9. The minimum atomic E-state index is -0.177. The molecule has 2 aliphatic rings. The number of ether oxygens (including phenoxy) is 1. The van der Waals surface area contributed by atoms with E-state index in [0.717, 1.165) is 51.7 Å². The highest BCUT2D eigenvalue weighted by Gasteiger charge is 2.36. The van der Waals surface area contributed by atoms with E-state index in [0.29, 0.717) is 29.5 Å². The Bertz CT molecular complexity index is 1180. The summed E-state index contributed by atoms with van der Waals surface area (Å²) >= 11 is 2.12. The van der Waals surface area contributed by atoms with Crippen LogP contribution < -0.4 is 15.8 Å². The fourth-order valence-corrected chi connectivity index (χ4v) is 5.72. The predicted octanol–water partition coefficient (Wildman–Crippen LogP) is 5.99. The molecule has 3 N–H and O–H groups in total. The molecule has 3 aromatic heterocycles. The highest BCUT2D eigenvalue weighted by molar-refractivity contribution is 8.00. The molecular formula is C27H35N5O2S. The first kappa shape index (κ1) is 25.4. The molecule has 0 amide bonds. The number of nitrogens with one attached hydrogen (secondary N) is 1. The van der Waals surface area contributed by atoms with E-state index in [1.165, 1.54) is 12.8 Å². The number of hydrogen-bond donors (Lipinski definition) is 2. The number of aldehydes is 1. The second-order valence-electron chi connectivity index (χ2n) is 8.92. The van der Waals surface area contributed by atoms with Crippen molar-refractivity contribution in [3.63, 3.8) is 0 Å². The summed E-state index contributed by atoms with van der Waals surface area (Å²) in [5, 5.41) is 6.70. The van der Waals surface area contributed by atoms with E-state index in [4.69, 9.17) is 10.5 Å². The molecule has 7 nitrogen and oxygen atoms in total. The molecular weight excluding hydrogens is 458 g/mol. The van der Waals surface area contributed by atoms with Gasteiger partial charge in [-0.05, 0) is 68.2 Å². The maximum atomic E-state index is 11.2. The highest BCUT2D eigenvalue weighted by atomic mass is 32.2. The van der Waals surface area contributed by atoms with Crippen LogP contribution in [0.5, 0.6) is 5.88 Å². The lowest BCUT2D eigenvalue weighted by atomic mass is 9.95. The zero-order valence-electron chi connectivity index (χ0n) is 21.0. The Morgan fingerprint density at radius 1 is 1.14 bits per heavy atom. The van der Waals surface area contributed by atoms with Gasteiger partial charge in [0.2, 0.25) is 5.88 Å². The molecule has 2 saturated carbocycles. The molecule has 8 heteroatoms. The monoisotopic (exact) mass is 493 g/mol. The van der Waals surface area contributed by atoms with Gasteiger partial charge in [0, 0.05) is 34.5 Å². The van der Waals surface area contributed by atoms with Crippen LogP contribution in [0.15, 0.2) is 30.6 Å². The summed E-state index contributed by atoms with van der Waals surface area (Å²) in [4.78, 5) is 24.9. The van der Waals surface area contributed by atoms with Crippen molar-refractivity contribution in [3.05, 3.63) is 47.4 Å². The molecule has 1 atom stereocenters. The van der Waals surface area contributed by atoms with Crippen LogP contribution in [0.1, 0.15) is 81.0 Å². The fraction of sp³-hybridized carbons (Fsp3) is 0.481. The van der Waals surface area contributed by atoms with E-state index in [9.17, 15) is 4.79 Å². The molecule has 0 aliphatic heterocycles. The Labute approximate surface area is 211 Å². The van der Waals surface area contributed by atoms with Crippen LogP contribution in [-0.2, 0) is 6.42 Å². The zero-order chi connectivity index (χ0) is 24.9. The average molecular weight is 494 g/mol. The number of aryl methyl sites for hydroxylation is 1. The Morgan fingerprint density at radius 2 is 1.91 bits per heavy atom. The van der Waals surface area contributed by atoms with Crippen LogP contribution in [0.2, 0.25) is 0 Å². The largest absolute Gasteiger partial charge is 0.474 e. The molecule has 0 spiro atoms. The lowest BCUT2D eigenvalue weighted by molar-refractivity contribution is 0.112. The SMILES string of the molecule is CC.CCc1nc(Nc2cc3c(C(C)N)cnc(OC4CC(SC5CC5)C4)c3cn2)ccc1C=O. The lowest BCUT2D eigenvalue weighted by Crippen LogP contribution is -2.36. The van der Waals surface area contributed by atoms with E-state index in [2.05, 4.69) is 32.0 Å². The molecule has 3 heterocycles. The molecule has 0 aromatic carbocycles. The van der Waals surface area contributed by atoms with E-state index in [1.807, 2.05) is 40.0 Å². The van der Waals surface area contributed by atoms with E-state index < -0.39 is 0 Å². The van der Waals surface area contributed by atoms with Gasteiger partial charge in [-0.15, -0.1) is 0 Å². The number of thioether (sulfide) groups is 1. The molecule has 5 rings (SSSR count). The van der Waals surface area contributed by atoms with Gasteiger partial charge in [-0.3, -0.25) is 4.79 Å². The van der Waals surface area contributed by atoms with Crippen molar-refractivity contribution in [3.8, 4) is 5.88 Å². The van der Waals surface area contributed by atoms with Crippen LogP contribution in [0.25, 0.3) is 10.8 Å². The standard InChI is InChI=1S/C25H29N5O2S.C2H6/c1-3-22-15(13-31)4-7-23(29-22)30-24-10-19-20(14(2)26)11-28-25(21(19)12-27-24)32-16-8-18(9-16)33-17-5-6-17;1-2/h4,7,10-14,16-18H,3,5-6,8-9,26H2,1-2H3,(H,27,29,30);1-2H3. The minimum absolute atomic E-state index is 0.177. The predicted molar refractivity (Wildman–Crippen MR) is 144 cm³/mol. The number of fused-ring (bicyclic) bond motifs is 1. The van der Waals surface area contributed by atoms with Gasteiger partial charge in [-0.25, -0.2) is 15.0 Å². The molecule has 0 saturated heterocycles. The van der Waals surface area contributed by atoms with Gasteiger partial charge in [0.1, 0.15) is 17.7 Å². The summed E-state index contributed by atoms with van der Waals surface area (Å²) in [6.07, 6.45) is 10.2. The maximum absolute atomic E-state index is 11.2. The zero-order valence-corrected chi connectivity index (χ0v) is 21.8. The summed E-state index contributed by atoms with van der Waals surface area (Å²) in [6, 6.07) is 5.35. The van der Waals surface area contributed by atoms with Crippen molar-refractivity contribution < 1.29 is 9.53 Å². The van der Waals surface area contributed by atoms with Crippen LogP contribution in [0, 0.1) is 0 Å². The third-order valence-electron chi connectivity index (χ3n) is 6.22. The maximum Gasteiger partial charge on any atom is 0.223 e. The summed E-state index contributed by atoms with van der Waals surface area (Å²) < 4.78 is 6.27. The van der Waals surface area contributed by atoms with Crippen LogP contribution in [0.4, 0.5) is 11.6 Å². The number of pyridine rings is 3. The molecule has 3 aromatic rings. The Balaban J connectivity index is 0.00000141. The van der Waals surface area contributed by atoms with Gasteiger partial charge in [0.15, 0.2) is 6.29 Å². The first-order valence-corrected chi connectivity index (χ1v) is 13.6.